The third-order valence-corrected chi connectivity index (χ3v) is 7.46. The number of rotatable bonds is 8. The van der Waals surface area contributed by atoms with E-state index in [0.717, 1.165) is 60.2 Å². The number of likely N-dealkylation sites (tertiary alicyclic amines) is 2. The third-order valence-electron chi connectivity index (χ3n) is 7.46. The molecule has 2 aliphatic rings. The predicted molar refractivity (Wildman–Crippen MR) is 141 cm³/mol. The summed E-state index contributed by atoms with van der Waals surface area (Å²) in [6.07, 6.45) is 6.88. The van der Waals surface area contributed by atoms with Crippen LogP contribution in [0.25, 0.3) is 17.2 Å². The van der Waals surface area contributed by atoms with Gasteiger partial charge in [-0.2, -0.15) is 0 Å². The van der Waals surface area contributed by atoms with Crippen molar-refractivity contribution in [2.75, 3.05) is 26.2 Å². The minimum Gasteiger partial charge on any atom is -0.308 e. The van der Waals surface area contributed by atoms with E-state index in [4.69, 9.17) is 9.97 Å². The lowest BCUT2D eigenvalue weighted by atomic mass is 10.1. The molecule has 34 heavy (non-hydrogen) atoms. The van der Waals surface area contributed by atoms with Gasteiger partial charge in [0.05, 0.1) is 6.54 Å². The van der Waals surface area contributed by atoms with Gasteiger partial charge in [-0.15, -0.1) is 0 Å². The molecule has 0 N–H and O–H groups in total. The highest BCUT2D eigenvalue weighted by molar-refractivity contribution is 5.76. The van der Waals surface area contributed by atoms with Crippen molar-refractivity contribution in [3.05, 3.63) is 64.6 Å². The fourth-order valence-corrected chi connectivity index (χ4v) is 5.87. The van der Waals surface area contributed by atoms with Crippen LogP contribution in [0.1, 0.15) is 55.4 Å². The van der Waals surface area contributed by atoms with E-state index >= 15 is 0 Å². The third kappa shape index (κ3) is 4.69. The molecule has 0 amide bonds. The Morgan fingerprint density at radius 2 is 1.76 bits per heavy atom. The van der Waals surface area contributed by atoms with Crippen LogP contribution in [0.15, 0.2) is 36.4 Å². The van der Waals surface area contributed by atoms with Crippen LogP contribution in [-0.2, 0) is 13.0 Å². The first-order valence-corrected chi connectivity index (χ1v) is 13.0. The smallest absolute Gasteiger partial charge is 0.160 e. The average molecular weight is 458 g/mol. The van der Waals surface area contributed by atoms with Crippen molar-refractivity contribution in [2.24, 2.45) is 5.92 Å². The van der Waals surface area contributed by atoms with Crippen molar-refractivity contribution in [1.82, 2.24) is 24.3 Å². The molecule has 180 valence electrons. The second-order valence-electron chi connectivity index (χ2n) is 10.7. The van der Waals surface area contributed by atoms with Crippen LogP contribution in [0.2, 0.25) is 0 Å². The fourth-order valence-electron chi connectivity index (χ4n) is 5.87. The van der Waals surface area contributed by atoms with E-state index in [-0.39, 0.29) is 0 Å². The topological polar surface area (TPSA) is 37.2 Å². The van der Waals surface area contributed by atoms with Gasteiger partial charge in [0, 0.05) is 50.4 Å². The van der Waals surface area contributed by atoms with Crippen LogP contribution in [-0.4, -0.2) is 62.6 Å². The highest BCUT2D eigenvalue weighted by Gasteiger charge is 2.42. The van der Waals surface area contributed by atoms with Crippen molar-refractivity contribution in [1.29, 1.82) is 0 Å². The van der Waals surface area contributed by atoms with Gasteiger partial charge in [-0.05, 0) is 48.9 Å². The molecule has 2 fully saturated rings. The number of piperazine rings is 1. The molecular weight excluding hydrogens is 418 g/mol. The van der Waals surface area contributed by atoms with E-state index in [9.17, 15) is 0 Å². The molecule has 2 saturated heterocycles. The molecule has 2 bridgehead atoms. The maximum atomic E-state index is 4.88. The molecule has 5 nitrogen and oxygen atoms in total. The standard InChI is InChI=1S/C29H39N5/c1-6-27-31-28-21(4)14-22(5)30-29(28)34(27)17-24-11-9-23(10-12-24)8-7-13-32-18-26-15-25(32)19-33(26)16-20(2)3/h7-12,14,20,25-26H,6,13,15-19H2,1-5H3/b8-7+/t25-,26-/m1/s1. The van der Waals surface area contributed by atoms with Gasteiger partial charge in [0.2, 0.25) is 0 Å². The maximum Gasteiger partial charge on any atom is 0.160 e. The highest BCUT2D eigenvalue weighted by Crippen LogP contribution is 2.31. The molecule has 0 radical (unpaired) electrons. The van der Waals surface area contributed by atoms with Gasteiger partial charge in [0.1, 0.15) is 11.3 Å². The van der Waals surface area contributed by atoms with Crippen molar-refractivity contribution in [3.63, 3.8) is 0 Å². The highest BCUT2D eigenvalue weighted by atomic mass is 15.3. The minimum absolute atomic E-state index is 0.745. The molecule has 0 spiro atoms. The maximum absolute atomic E-state index is 4.88. The Balaban J connectivity index is 1.21. The van der Waals surface area contributed by atoms with E-state index in [1.54, 1.807) is 0 Å². The summed E-state index contributed by atoms with van der Waals surface area (Å²) in [6, 6.07) is 12.6. The van der Waals surface area contributed by atoms with Crippen LogP contribution in [0, 0.1) is 19.8 Å². The number of hydrogen-bond donors (Lipinski definition) is 0. The normalized spacial score (nSPS) is 21.1. The summed E-state index contributed by atoms with van der Waals surface area (Å²) in [6.45, 7) is 16.6. The Hall–Kier alpha value is -2.50. The zero-order valence-corrected chi connectivity index (χ0v) is 21.5. The first kappa shape index (κ1) is 23.3. The molecule has 1 aromatic carbocycles. The monoisotopic (exact) mass is 457 g/mol. The van der Waals surface area contributed by atoms with Crippen LogP contribution in [0.5, 0.6) is 0 Å². The van der Waals surface area contributed by atoms with Crippen molar-refractivity contribution in [2.45, 2.75) is 66.1 Å². The van der Waals surface area contributed by atoms with E-state index in [2.05, 4.69) is 91.5 Å². The lowest BCUT2D eigenvalue weighted by Crippen LogP contribution is -2.47. The van der Waals surface area contributed by atoms with Crippen molar-refractivity contribution >= 4 is 17.2 Å². The number of hydrogen-bond acceptors (Lipinski definition) is 4. The summed E-state index contributed by atoms with van der Waals surface area (Å²) in [5.74, 6) is 1.87. The Bertz CT molecular complexity index is 1170. The molecule has 5 rings (SSSR count). The number of fused-ring (bicyclic) bond motifs is 3. The van der Waals surface area contributed by atoms with Gasteiger partial charge < -0.3 is 4.57 Å². The number of nitrogens with zero attached hydrogens (tertiary/aromatic N) is 5. The predicted octanol–water partition coefficient (Wildman–Crippen LogP) is 5.09. The summed E-state index contributed by atoms with van der Waals surface area (Å²) < 4.78 is 2.28. The Morgan fingerprint density at radius 3 is 2.44 bits per heavy atom. The van der Waals surface area contributed by atoms with Crippen LogP contribution in [0.4, 0.5) is 0 Å². The number of imidazole rings is 1. The number of aryl methyl sites for hydroxylation is 3. The van der Waals surface area contributed by atoms with E-state index < -0.39 is 0 Å². The van der Waals surface area contributed by atoms with Crippen molar-refractivity contribution < 1.29 is 0 Å². The summed E-state index contributed by atoms with van der Waals surface area (Å²) in [4.78, 5) is 15.1. The fraction of sp³-hybridized carbons (Fsp3) is 0.517. The Kier molecular flexibility index (Phi) is 6.59. The van der Waals surface area contributed by atoms with Gasteiger partial charge in [-0.3, -0.25) is 9.80 Å². The molecule has 2 atom stereocenters. The second kappa shape index (κ2) is 9.63. The quantitative estimate of drug-likeness (QED) is 0.472. The lowest BCUT2D eigenvalue weighted by molar-refractivity contribution is 0.127. The largest absolute Gasteiger partial charge is 0.308 e. The molecule has 2 aliphatic heterocycles. The van der Waals surface area contributed by atoms with Gasteiger partial charge >= 0.3 is 0 Å². The van der Waals surface area contributed by atoms with Gasteiger partial charge in [0.25, 0.3) is 0 Å². The first-order chi connectivity index (χ1) is 16.4. The van der Waals surface area contributed by atoms with Crippen LogP contribution >= 0.6 is 0 Å². The summed E-state index contributed by atoms with van der Waals surface area (Å²) in [5, 5.41) is 0. The number of pyridine rings is 1. The van der Waals surface area contributed by atoms with E-state index in [0.29, 0.717) is 0 Å². The minimum atomic E-state index is 0.745. The lowest BCUT2D eigenvalue weighted by Gasteiger charge is -2.34. The average Bonchev–Trinajstić information content (AvgIpc) is 3.47. The molecule has 5 heteroatoms. The van der Waals surface area contributed by atoms with Gasteiger partial charge in [0.15, 0.2) is 5.65 Å². The van der Waals surface area contributed by atoms with Gasteiger partial charge in [-0.1, -0.05) is 57.2 Å². The number of aromatic nitrogens is 3. The van der Waals surface area contributed by atoms with E-state index in [1.807, 2.05) is 0 Å². The molecule has 4 heterocycles. The summed E-state index contributed by atoms with van der Waals surface area (Å²) >= 11 is 0. The Labute approximate surface area is 204 Å². The summed E-state index contributed by atoms with van der Waals surface area (Å²) in [5.41, 5.74) is 6.85. The number of benzene rings is 1. The summed E-state index contributed by atoms with van der Waals surface area (Å²) in [7, 11) is 0. The zero-order chi connectivity index (χ0) is 23.8. The van der Waals surface area contributed by atoms with Crippen LogP contribution in [0.3, 0.4) is 0 Å². The van der Waals surface area contributed by atoms with Gasteiger partial charge in [-0.25, -0.2) is 9.97 Å². The zero-order valence-electron chi connectivity index (χ0n) is 21.5. The van der Waals surface area contributed by atoms with Crippen LogP contribution < -0.4 is 0 Å². The van der Waals surface area contributed by atoms with E-state index in [1.165, 1.54) is 42.7 Å². The molecule has 2 aromatic heterocycles. The molecule has 0 aliphatic carbocycles. The molecule has 3 aromatic rings. The first-order valence-electron chi connectivity index (χ1n) is 13.0. The SMILES string of the molecule is CCc1nc2c(C)cc(C)nc2n1Cc1ccc(/C=C/CN2C[C@H]3C[C@@H]2CN3CC(C)C)cc1. The molecule has 0 saturated carbocycles. The van der Waals surface area contributed by atoms with Crippen molar-refractivity contribution in [3.8, 4) is 0 Å². The Morgan fingerprint density at radius 1 is 1.03 bits per heavy atom. The molecule has 0 unspecified atom stereocenters. The molecular formula is C29H39N5. The second-order valence-corrected chi connectivity index (χ2v) is 10.7.